The smallest absolute Gasteiger partial charge is 0.0638 e. The van der Waals surface area contributed by atoms with Gasteiger partial charge in [-0.05, 0) is 12.3 Å². The molecule has 0 aliphatic rings. The van der Waals surface area contributed by atoms with Gasteiger partial charge in [0.1, 0.15) is 0 Å². The van der Waals surface area contributed by atoms with Gasteiger partial charge in [-0.1, -0.05) is 32.5 Å². The van der Waals surface area contributed by atoms with Crippen LogP contribution in [-0.2, 0) is 0 Å². The molecule has 0 radical (unpaired) electrons. The molecule has 2 heteroatoms. The summed E-state index contributed by atoms with van der Waals surface area (Å²) in [5.74, 6) is 0.831. The Balaban J connectivity index is 3.25. The molecule has 0 saturated heterocycles. The Morgan fingerprint density at radius 1 is 1.60 bits per heavy atom. The molecule has 1 atom stereocenters. The van der Waals surface area contributed by atoms with E-state index in [2.05, 4.69) is 18.7 Å². The highest BCUT2D eigenvalue weighted by molar-refractivity contribution is 7.78. The Labute approximate surface area is 69.4 Å². The Bertz CT molecular complexity index is 93.3. The summed E-state index contributed by atoms with van der Waals surface area (Å²) in [7, 11) is 2.02. The van der Waals surface area contributed by atoms with Crippen molar-refractivity contribution in [2.75, 3.05) is 13.6 Å². The molecule has 0 rings (SSSR count). The van der Waals surface area contributed by atoms with Crippen molar-refractivity contribution >= 4 is 17.7 Å². The molecule has 10 heavy (non-hydrogen) atoms. The van der Waals surface area contributed by atoms with Gasteiger partial charge in [-0.15, -0.1) is 0 Å². The molecule has 0 aliphatic heterocycles. The maximum Gasteiger partial charge on any atom is 0.0638 e. The Hall–Kier alpha value is -0.110. The van der Waals surface area contributed by atoms with E-state index in [4.69, 9.17) is 12.2 Å². The molecule has 0 fully saturated rings. The van der Waals surface area contributed by atoms with Crippen LogP contribution in [0, 0.1) is 5.92 Å². The van der Waals surface area contributed by atoms with Gasteiger partial charge in [-0.3, -0.25) is 0 Å². The van der Waals surface area contributed by atoms with Gasteiger partial charge in [-0.2, -0.15) is 0 Å². The predicted molar refractivity (Wildman–Crippen MR) is 50.4 cm³/mol. The second-order valence-electron chi connectivity index (χ2n) is 2.89. The quantitative estimate of drug-likeness (QED) is 0.566. The first-order chi connectivity index (χ1) is 4.70. The minimum Gasteiger partial charge on any atom is -0.372 e. The first kappa shape index (κ1) is 9.89. The molecule has 60 valence electrons. The van der Waals surface area contributed by atoms with Crippen LogP contribution in [0.1, 0.15) is 26.7 Å². The van der Waals surface area contributed by atoms with Crippen LogP contribution in [0.15, 0.2) is 0 Å². The Morgan fingerprint density at radius 2 is 2.20 bits per heavy atom. The molecule has 0 aromatic heterocycles. The SMILES string of the molecule is CCC(C)CCN(C)C=S. The molecule has 0 saturated carbocycles. The van der Waals surface area contributed by atoms with Crippen molar-refractivity contribution < 1.29 is 0 Å². The topological polar surface area (TPSA) is 3.24 Å². The predicted octanol–water partition coefficient (Wildman–Crippen LogP) is 2.31. The summed E-state index contributed by atoms with van der Waals surface area (Å²) in [5.41, 5.74) is 1.71. The molecule has 1 unspecified atom stereocenters. The molecule has 0 bridgehead atoms. The van der Waals surface area contributed by atoms with Crippen LogP contribution >= 0.6 is 12.2 Å². The monoisotopic (exact) mass is 159 g/mol. The molecule has 1 nitrogen and oxygen atoms in total. The average molecular weight is 159 g/mol. The minimum absolute atomic E-state index is 0.831. The van der Waals surface area contributed by atoms with Gasteiger partial charge in [0.2, 0.25) is 0 Å². The van der Waals surface area contributed by atoms with Crippen LogP contribution < -0.4 is 0 Å². The second kappa shape index (κ2) is 5.66. The summed E-state index contributed by atoms with van der Waals surface area (Å²) < 4.78 is 0. The van der Waals surface area contributed by atoms with Crippen LogP contribution in [-0.4, -0.2) is 24.0 Å². The lowest BCUT2D eigenvalue weighted by atomic mass is 10.1. The van der Waals surface area contributed by atoms with E-state index in [0.29, 0.717) is 0 Å². The van der Waals surface area contributed by atoms with Gasteiger partial charge in [0.05, 0.1) is 5.49 Å². The van der Waals surface area contributed by atoms with E-state index in [1.165, 1.54) is 12.8 Å². The van der Waals surface area contributed by atoms with E-state index in [1.54, 1.807) is 5.49 Å². The zero-order valence-electron chi connectivity index (χ0n) is 7.13. The molecule has 0 aliphatic carbocycles. The third-order valence-corrected chi connectivity index (χ3v) is 2.21. The van der Waals surface area contributed by atoms with Gasteiger partial charge in [0, 0.05) is 13.6 Å². The second-order valence-corrected chi connectivity index (χ2v) is 3.10. The first-order valence-corrected chi connectivity index (χ1v) is 4.33. The van der Waals surface area contributed by atoms with Crippen molar-refractivity contribution in [3.05, 3.63) is 0 Å². The maximum absolute atomic E-state index is 4.76. The fraction of sp³-hybridized carbons (Fsp3) is 0.875. The largest absolute Gasteiger partial charge is 0.372 e. The zero-order valence-corrected chi connectivity index (χ0v) is 7.95. The molecule has 0 amide bonds. The highest BCUT2D eigenvalue weighted by Crippen LogP contribution is 2.05. The number of hydrogen-bond donors (Lipinski definition) is 0. The van der Waals surface area contributed by atoms with Gasteiger partial charge in [0.25, 0.3) is 0 Å². The molecule has 0 aromatic rings. The van der Waals surface area contributed by atoms with E-state index in [0.717, 1.165) is 12.5 Å². The fourth-order valence-corrected chi connectivity index (χ4v) is 0.786. The summed E-state index contributed by atoms with van der Waals surface area (Å²) in [6.45, 7) is 5.60. The third-order valence-electron chi connectivity index (χ3n) is 1.85. The molecule has 0 aromatic carbocycles. The van der Waals surface area contributed by atoms with Crippen LogP contribution in [0.4, 0.5) is 0 Å². The van der Waals surface area contributed by atoms with Gasteiger partial charge < -0.3 is 4.90 Å². The van der Waals surface area contributed by atoms with E-state index < -0.39 is 0 Å². The van der Waals surface area contributed by atoms with E-state index in [1.807, 2.05) is 7.05 Å². The summed E-state index contributed by atoms with van der Waals surface area (Å²) in [6, 6.07) is 0. The summed E-state index contributed by atoms with van der Waals surface area (Å²) >= 11 is 4.76. The number of rotatable bonds is 5. The van der Waals surface area contributed by atoms with Crippen LogP contribution in [0.2, 0.25) is 0 Å². The standard InChI is InChI=1S/C8H17NS/c1-4-8(2)5-6-9(3)7-10/h7-8H,4-6H2,1-3H3. The molecule has 0 spiro atoms. The summed E-state index contributed by atoms with van der Waals surface area (Å²) in [4.78, 5) is 2.06. The fourth-order valence-electron chi connectivity index (χ4n) is 0.681. The summed E-state index contributed by atoms with van der Waals surface area (Å²) in [5, 5.41) is 0. The lowest BCUT2D eigenvalue weighted by Gasteiger charge is -2.14. The Morgan fingerprint density at radius 3 is 2.60 bits per heavy atom. The van der Waals surface area contributed by atoms with Crippen molar-refractivity contribution in [1.29, 1.82) is 0 Å². The van der Waals surface area contributed by atoms with Gasteiger partial charge in [0.15, 0.2) is 0 Å². The average Bonchev–Trinajstić information content (AvgIpc) is 1.99. The van der Waals surface area contributed by atoms with Crippen LogP contribution in [0.5, 0.6) is 0 Å². The molecule has 0 heterocycles. The molecular formula is C8H17NS. The maximum atomic E-state index is 4.76. The normalized spacial score (nSPS) is 12.7. The summed E-state index contributed by atoms with van der Waals surface area (Å²) in [6.07, 6.45) is 2.52. The molecule has 0 N–H and O–H groups in total. The van der Waals surface area contributed by atoms with E-state index in [9.17, 15) is 0 Å². The van der Waals surface area contributed by atoms with Crippen molar-refractivity contribution in [3.8, 4) is 0 Å². The van der Waals surface area contributed by atoms with Crippen molar-refractivity contribution in [2.45, 2.75) is 26.7 Å². The van der Waals surface area contributed by atoms with Gasteiger partial charge >= 0.3 is 0 Å². The number of thiocarbonyl (C=S) groups is 1. The minimum atomic E-state index is 0.831. The van der Waals surface area contributed by atoms with Crippen LogP contribution in [0.25, 0.3) is 0 Å². The lowest BCUT2D eigenvalue weighted by molar-refractivity contribution is 0.423. The number of nitrogens with zero attached hydrogens (tertiary/aromatic N) is 1. The first-order valence-electron chi connectivity index (χ1n) is 3.86. The van der Waals surface area contributed by atoms with E-state index >= 15 is 0 Å². The van der Waals surface area contributed by atoms with Gasteiger partial charge in [-0.25, -0.2) is 0 Å². The van der Waals surface area contributed by atoms with Crippen molar-refractivity contribution in [3.63, 3.8) is 0 Å². The zero-order chi connectivity index (χ0) is 7.98. The van der Waals surface area contributed by atoms with Crippen molar-refractivity contribution in [2.24, 2.45) is 5.92 Å². The highest BCUT2D eigenvalue weighted by Gasteiger charge is 1.98. The highest BCUT2D eigenvalue weighted by atomic mass is 32.1. The van der Waals surface area contributed by atoms with Crippen molar-refractivity contribution in [1.82, 2.24) is 4.90 Å². The lowest BCUT2D eigenvalue weighted by Crippen LogP contribution is -2.17. The Kier molecular flexibility index (Phi) is 5.60. The van der Waals surface area contributed by atoms with E-state index in [-0.39, 0.29) is 0 Å². The number of hydrogen-bond acceptors (Lipinski definition) is 1. The molecular weight excluding hydrogens is 142 g/mol. The van der Waals surface area contributed by atoms with Crippen LogP contribution in [0.3, 0.4) is 0 Å². The third kappa shape index (κ3) is 4.74.